The molecule has 0 unspecified atom stereocenters. The molecule has 5 rings (SSSR count). The van der Waals surface area contributed by atoms with Crippen LogP contribution in [0.4, 0.5) is 0 Å². The van der Waals surface area contributed by atoms with Crippen molar-refractivity contribution in [2.45, 2.75) is 0 Å². The molecular formula is C27H18ClN3. The molecule has 2 heterocycles. The molecular weight excluding hydrogens is 402 g/mol. The second-order valence-corrected chi connectivity index (χ2v) is 7.57. The van der Waals surface area contributed by atoms with E-state index in [9.17, 15) is 0 Å². The topological polar surface area (TPSA) is 38.7 Å². The summed E-state index contributed by atoms with van der Waals surface area (Å²) < 4.78 is 0. The second kappa shape index (κ2) is 8.50. The van der Waals surface area contributed by atoms with Crippen molar-refractivity contribution in [3.63, 3.8) is 0 Å². The van der Waals surface area contributed by atoms with Gasteiger partial charge in [0.2, 0.25) is 0 Å². The highest BCUT2D eigenvalue weighted by molar-refractivity contribution is 6.30. The van der Waals surface area contributed by atoms with Gasteiger partial charge in [0.25, 0.3) is 0 Å². The number of nitrogens with zero attached hydrogens (tertiary/aromatic N) is 3. The van der Waals surface area contributed by atoms with Crippen molar-refractivity contribution >= 4 is 11.6 Å². The highest BCUT2D eigenvalue weighted by Gasteiger charge is 2.11. The van der Waals surface area contributed by atoms with E-state index in [0.29, 0.717) is 10.8 Å². The zero-order valence-corrected chi connectivity index (χ0v) is 17.4. The minimum absolute atomic E-state index is 0.676. The molecule has 3 nitrogen and oxygen atoms in total. The second-order valence-electron chi connectivity index (χ2n) is 7.13. The van der Waals surface area contributed by atoms with Crippen LogP contribution in [0.3, 0.4) is 0 Å². The predicted octanol–water partition coefficient (Wildman–Crippen LogP) is 7.19. The molecule has 5 aromatic rings. The molecule has 0 atom stereocenters. The molecule has 0 fully saturated rings. The fraction of sp³-hybridized carbons (Fsp3) is 0. The van der Waals surface area contributed by atoms with E-state index in [4.69, 9.17) is 21.6 Å². The first-order valence-electron chi connectivity index (χ1n) is 9.98. The molecule has 2 aromatic heterocycles. The molecule has 0 saturated heterocycles. The van der Waals surface area contributed by atoms with Crippen LogP contribution < -0.4 is 0 Å². The summed E-state index contributed by atoms with van der Waals surface area (Å²) in [6, 6.07) is 33.9. The summed E-state index contributed by atoms with van der Waals surface area (Å²) in [5, 5.41) is 0.696. The van der Waals surface area contributed by atoms with E-state index < -0.39 is 0 Å². The number of hydrogen-bond acceptors (Lipinski definition) is 3. The van der Waals surface area contributed by atoms with Crippen LogP contribution in [0, 0.1) is 0 Å². The van der Waals surface area contributed by atoms with Crippen molar-refractivity contribution in [1.29, 1.82) is 0 Å². The molecule has 0 aliphatic rings. The van der Waals surface area contributed by atoms with E-state index in [1.165, 1.54) is 0 Å². The van der Waals surface area contributed by atoms with Crippen molar-refractivity contribution in [2.75, 3.05) is 0 Å². The fourth-order valence-electron chi connectivity index (χ4n) is 3.41. The molecule has 0 radical (unpaired) electrons. The lowest BCUT2D eigenvalue weighted by atomic mass is 10.1. The summed E-state index contributed by atoms with van der Waals surface area (Å²) >= 11 is 6.08. The standard InChI is InChI=1S/C27H18ClN3/c28-23-14-11-20(12-15-23)25-17-26(31-27(30-25)21-9-5-2-6-10-21)22-13-16-24(29-18-22)19-7-3-1-4-8-19/h1-18H. The Morgan fingerprint density at radius 2 is 1.03 bits per heavy atom. The molecule has 3 aromatic carbocycles. The van der Waals surface area contributed by atoms with E-state index in [1.54, 1.807) is 0 Å². The van der Waals surface area contributed by atoms with Crippen LogP contribution in [0.1, 0.15) is 0 Å². The normalized spacial score (nSPS) is 10.7. The van der Waals surface area contributed by atoms with Crippen molar-refractivity contribution in [2.24, 2.45) is 0 Å². The average molecular weight is 420 g/mol. The molecule has 0 bridgehead atoms. The Morgan fingerprint density at radius 1 is 0.484 bits per heavy atom. The van der Waals surface area contributed by atoms with Gasteiger partial charge in [-0.3, -0.25) is 4.98 Å². The van der Waals surface area contributed by atoms with Gasteiger partial charge in [-0.1, -0.05) is 84.4 Å². The lowest BCUT2D eigenvalue weighted by Crippen LogP contribution is -1.96. The van der Waals surface area contributed by atoms with Crippen LogP contribution in [0.2, 0.25) is 5.02 Å². The minimum Gasteiger partial charge on any atom is -0.256 e. The van der Waals surface area contributed by atoms with Gasteiger partial charge in [0, 0.05) is 33.5 Å². The molecule has 4 heteroatoms. The zero-order valence-electron chi connectivity index (χ0n) is 16.6. The minimum atomic E-state index is 0.676. The van der Waals surface area contributed by atoms with Crippen LogP contribution in [0.15, 0.2) is 109 Å². The molecule has 0 aliphatic carbocycles. The number of aromatic nitrogens is 3. The van der Waals surface area contributed by atoms with Gasteiger partial charge in [0.15, 0.2) is 5.82 Å². The lowest BCUT2D eigenvalue weighted by Gasteiger charge is -2.10. The maximum absolute atomic E-state index is 6.08. The van der Waals surface area contributed by atoms with E-state index in [2.05, 4.69) is 23.2 Å². The summed E-state index contributed by atoms with van der Waals surface area (Å²) in [5.41, 5.74) is 6.57. The maximum Gasteiger partial charge on any atom is 0.160 e. The Bertz CT molecular complexity index is 1300. The third kappa shape index (κ3) is 4.23. The van der Waals surface area contributed by atoms with Crippen molar-refractivity contribution in [3.8, 4) is 45.2 Å². The lowest BCUT2D eigenvalue weighted by molar-refractivity contribution is 1.18. The quantitative estimate of drug-likeness (QED) is 0.309. The van der Waals surface area contributed by atoms with Gasteiger partial charge in [0.1, 0.15) is 0 Å². The van der Waals surface area contributed by atoms with E-state index >= 15 is 0 Å². The number of benzene rings is 3. The van der Waals surface area contributed by atoms with E-state index in [1.807, 2.05) is 91.1 Å². The smallest absolute Gasteiger partial charge is 0.160 e. The van der Waals surface area contributed by atoms with Gasteiger partial charge in [0.05, 0.1) is 17.1 Å². The summed E-state index contributed by atoms with van der Waals surface area (Å²) in [4.78, 5) is 14.3. The van der Waals surface area contributed by atoms with Crippen molar-refractivity contribution in [3.05, 3.63) is 114 Å². The summed E-state index contributed by atoms with van der Waals surface area (Å²) in [6.45, 7) is 0. The van der Waals surface area contributed by atoms with Crippen molar-refractivity contribution in [1.82, 2.24) is 15.0 Å². The highest BCUT2D eigenvalue weighted by atomic mass is 35.5. The molecule has 148 valence electrons. The Balaban J connectivity index is 1.60. The summed E-state index contributed by atoms with van der Waals surface area (Å²) in [7, 11) is 0. The van der Waals surface area contributed by atoms with Crippen LogP contribution >= 0.6 is 11.6 Å². The molecule has 0 saturated carbocycles. The van der Waals surface area contributed by atoms with E-state index in [0.717, 1.165) is 39.3 Å². The van der Waals surface area contributed by atoms with Gasteiger partial charge in [-0.25, -0.2) is 9.97 Å². The first kappa shape index (κ1) is 19.2. The van der Waals surface area contributed by atoms with Crippen LogP contribution in [-0.4, -0.2) is 15.0 Å². The van der Waals surface area contributed by atoms with Crippen LogP contribution in [0.25, 0.3) is 45.2 Å². The third-order valence-corrected chi connectivity index (χ3v) is 5.28. The van der Waals surface area contributed by atoms with Gasteiger partial charge in [-0.15, -0.1) is 0 Å². The SMILES string of the molecule is Clc1ccc(-c2cc(-c3ccc(-c4ccccc4)nc3)nc(-c3ccccc3)n2)cc1. The fourth-order valence-corrected chi connectivity index (χ4v) is 3.53. The van der Waals surface area contributed by atoms with Crippen molar-refractivity contribution < 1.29 is 0 Å². The van der Waals surface area contributed by atoms with E-state index in [-0.39, 0.29) is 0 Å². The van der Waals surface area contributed by atoms with Gasteiger partial charge in [-0.2, -0.15) is 0 Å². The Labute approximate surface area is 186 Å². The summed E-state index contributed by atoms with van der Waals surface area (Å²) in [6.07, 6.45) is 1.87. The number of halogens is 1. The number of hydrogen-bond donors (Lipinski definition) is 0. The molecule has 31 heavy (non-hydrogen) atoms. The Hall–Kier alpha value is -3.82. The predicted molar refractivity (Wildman–Crippen MR) is 127 cm³/mol. The third-order valence-electron chi connectivity index (χ3n) is 5.03. The van der Waals surface area contributed by atoms with Gasteiger partial charge >= 0.3 is 0 Å². The monoisotopic (exact) mass is 419 g/mol. The van der Waals surface area contributed by atoms with Crippen LogP contribution in [-0.2, 0) is 0 Å². The maximum atomic E-state index is 6.08. The average Bonchev–Trinajstić information content (AvgIpc) is 2.85. The Kier molecular flexibility index (Phi) is 5.26. The first-order valence-corrected chi connectivity index (χ1v) is 10.4. The van der Waals surface area contributed by atoms with Crippen LogP contribution in [0.5, 0.6) is 0 Å². The number of pyridine rings is 1. The first-order chi connectivity index (χ1) is 15.3. The largest absolute Gasteiger partial charge is 0.256 e. The Morgan fingerprint density at radius 3 is 1.65 bits per heavy atom. The van der Waals surface area contributed by atoms with Gasteiger partial charge in [-0.05, 0) is 30.3 Å². The molecule has 0 spiro atoms. The molecule has 0 N–H and O–H groups in total. The highest BCUT2D eigenvalue weighted by Crippen LogP contribution is 2.28. The summed E-state index contributed by atoms with van der Waals surface area (Å²) in [5.74, 6) is 0.676. The zero-order chi connectivity index (χ0) is 21.0. The molecule has 0 aliphatic heterocycles. The molecule has 0 amide bonds. The number of rotatable bonds is 4. The van der Waals surface area contributed by atoms with Gasteiger partial charge < -0.3 is 0 Å².